The largest absolute Gasteiger partial charge is 0.380 e. The zero-order valence-electron chi connectivity index (χ0n) is 8.52. The van der Waals surface area contributed by atoms with E-state index in [9.17, 15) is 9.67 Å². The molecule has 80 valence electrons. The van der Waals surface area contributed by atoms with E-state index >= 15 is 0 Å². The Bertz CT molecular complexity index is 162. The highest BCUT2D eigenvalue weighted by Crippen LogP contribution is 2.53. The van der Waals surface area contributed by atoms with Crippen molar-refractivity contribution in [2.24, 2.45) is 0 Å². The molecule has 0 rings (SSSR count). The molecule has 0 saturated heterocycles. The van der Waals surface area contributed by atoms with Gasteiger partial charge >= 0.3 is 7.60 Å². The van der Waals surface area contributed by atoms with E-state index in [-0.39, 0.29) is 13.2 Å². The van der Waals surface area contributed by atoms with Gasteiger partial charge in [0.1, 0.15) is 0 Å². The first kappa shape index (κ1) is 13.1. The Hall–Kier alpha value is 0.110. The highest BCUT2D eigenvalue weighted by Gasteiger charge is 2.32. The predicted octanol–water partition coefficient (Wildman–Crippen LogP) is 2.37. The minimum atomic E-state index is -3.27. The average Bonchev–Trinajstić information content (AvgIpc) is 2.05. The topological polar surface area (TPSA) is 55.8 Å². The van der Waals surface area contributed by atoms with Gasteiger partial charge in [0.25, 0.3) is 0 Å². The molecule has 0 radical (unpaired) electrons. The first-order valence-corrected chi connectivity index (χ1v) is 6.28. The molecule has 0 aliphatic heterocycles. The zero-order valence-corrected chi connectivity index (χ0v) is 9.42. The first-order valence-electron chi connectivity index (χ1n) is 4.67. The zero-order chi connectivity index (χ0) is 10.3. The van der Waals surface area contributed by atoms with E-state index < -0.39 is 13.4 Å². The highest BCUT2D eigenvalue weighted by atomic mass is 31.2. The van der Waals surface area contributed by atoms with Gasteiger partial charge < -0.3 is 14.2 Å². The minimum absolute atomic E-state index is 0.290. The second kappa shape index (κ2) is 6.55. The number of hydrogen-bond donors (Lipinski definition) is 1. The van der Waals surface area contributed by atoms with E-state index in [1.807, 2.05) is 6.92 Å². The van der Waals surface area contributed by atoms with Gasteiger partial charge in [-0.25, -0.2) is 0 Å². The summed E-state index contributed by atoms with van der Waals surface area (Å²) in [5, 5.41) is 9.52. The van der Waals surface area contributed by atoms with Gasteiger partial charge in [-0.05, 0) is 20.3 Å². The molecule has 0 aliphatic carbocycles. The molecule has 0 amide bonds. The molecule has 0 fully saturated rings. The van der Waals surface area contributed by atoms with Crippen molar-refractivity contribution < 1.29 is 18.7 Å². The molecular weight excluding hydrogens is 191 g/mol. The molecule has 0 spiro atoms. The van der Waals surface area contributed by atoms with Gasteiger partial charge in [-0.1, -0.05) is 13.3 Å². The second-order valence-corrected chi connectivity index (χ2v) is 4.84. The van der Waals surface area contributed by atoms with Crippen LogP contribution in [-0.4, -0.2) is 24.2 Å². The molecule has 0 aromatic rings. The van der Waals surface area contributed by atoms with E-state index in [0.717, 1.165) is 6.42 Å². The number of aliphatic hydroxyl groups excluding tert-OH is 1. The Balaban J connectivity index is 4.28. The smallest absolute Gasteiger partial charge is 0.358 e. The van der Waals surface area contributed by atoms with Crippen LogP contribution in [0, 0.1) is 0 Å². The van der Waals surface area contributed by atoms with Gasteiger partial charge in [0.2, 0.25) is 0 Å². The standard InChI is InChI=1S/C8H19O4P/c1-4-7-8(9)13(10,11-5-2)12-6-3/h8-9H,4-7H2,1-3H3/t8-/m1/s1. The summed E-state index contributed by atoms with van der Waals surface area (Å²) in [7, 11) is -3.27. The van der Waals surface area contributed by atoms with Crippen molar-refractivity contribution in [1.82, 2.24) is 0 Å². The molecule has 0 aromatic heterocycles. The molecule has 0 heterocycles. The third kappa shape index (κ3) is 4.23. The van der Waals surface area contributed by atoms with E-state index in [1.54, 1.807) is 13.8 Å². The van der Waals surface area contributed by atoms with Gasteiger partial charge in [0.15, 0.2) is 5.85 Å². The number of aliphatic hydroxyl groups is 1. The molecule has 0 aliphatic rings. The summed E-state index contributed by atoms with van der Waals surface area (Å²) in [5.41, 5.74) is 0. The van der Waals surface area contributed by atoms with Gasteiger partial charge in [0, 0.05) is 0 Å². The Morgan fingerprint density at radius 1 is 1.23 bits per heavy atom. The maximum absolute atomic E-state index is 11.8. The van der Waals surface area contributed by atoms with Gasteiger partial charge in [-0.2, -0.15) is 0 Å². The third-order valence-electron chi connectivity index (χ3n) is 1.53. The number of rotatable bonds is 7. The van der Waals surface area contributed by atoms with Crippen molar-refractivity contribution in [3.63, 3.8) is 0 Å². The minimum Gasteiger partial charge on any atom is -0.380 e. The van der Waals surface area contributed by atoms with Gasteiger partial charge in [-0.3, -0.25) is 4.57 Å². The molecular formula is C8H19O4P. The molecule has 0 bridgehead atoms. The van der Waals surface area contributed by atoms with Crippen LogP contribution in [-0.2, 0) is 13.6 Å². The Morgan fingerprint density at radius 2 is 1.69 bits per heavy atom. The van der Waals surface area contributed by atoms with Crippen LogP contribution in [0.3, 0.4) is 0 Å². The van der Waals surface area contributed by atoms with Crippen LogP contribution in [0.4, 0.5) is 0 Å². The van der Waals surface area contributed by atoms with Crippen molar-refractivity contribution in [3.05, 3.63) is 0 Å². The predicted molar refractivity (Wildman–Crippen MR) is 51.8 cm³/mol. The van der Waals surface area contributed by atoms with Gasteiger partial charge in [0.05, 0.1) is 13.2 Å². The number of hydrogen-bond acceptors (Lipinski definition) is 4. The van der Waals surface area contributed by atoms with E-state index in [2.05, 4.69) is 0 Å². The summed E-state index contributed by atoms with van der Waals surface area (Å²) >= 11 is 0. The van der Waals surface area contributed by atoms with Crippen molar-refractivity contribution in [3.8, 4) is 0 Å². The molecule has 0 aromatic carbocycles. The molecule has 4 nitrogen and oxygen atoms in total. The highest BCUT2D eigenvalue weighted by molar-refractivity contribution is 7.54. The SMILES string of the molecule is CCC[C@H](O)P(=O)(OCC)OCC. The van der Waals surface area contributed by atoms with Crippen LogP contribution < -0.4 is 0 Å². The Kier molecular flexibility index (Phi) is 6.60. The van der Waals surface area contributed by atoms with Crippen molar-refractivity contribution >= 4 is 7.60 Å². The lowest BCUT2D eigenvalue weighted by Gasteiger charge is -2.21. The molecule has 5 heteroatoms. The van der Waals surface area contributed by atoms with Crippen molar-refractivity contribution in [2.45, 2.75) is 39.5 Å². The summed E-state index contributed by atoms with van der Waals surface area (Å²) in [6.07, 6.45) is 1.20. The summed E-state index contributed by atoms with van der Waals surface area (Å²) in [6, 6.07) is 0. The van der Waals surface area contributed by atoms with Crippen LogP contribution in [0.5, 0.6) is 0 Å². The lowest BCUT2D eigenvalue weighted by molar-refractivity contribution is 0.144. The summed E-state index contributed by atoms with van der Waals surface area (Å²) in [5.74, 6) is -0.989. The van der Waals surface area contributed by atoms with Crippen LogP contribution in [0.15, 0.2) is 0 Å². The van der Waals surface area contributed by atoms with Crippen LogP contribution in [0.2, 0.25) is 0 Å². The molecule has 1 atom stereocenters. The molecule has 13 heavy (non-hydrogen) atoms. The molecule has 0 saturated carbocycles. The van der Waals surface area contributed by atoms with Crippen LogP contribution in [0.1, 0.15) is 33.6 Å². The third-order valence-corrected chi connectivity index (χ3v) is 3.75. The fraction of sp³-hybridized carbons (Fsp3) is 1.00. The monoisotopic (exact) mass is 210 g/mol. The normalized spacial score (nSPS) is 14.5. The van der Waals surface area contributed by atoms with Crippen LogP contribution >= 0.6 is 7.60 Å². The summed E-state index contributed by atoms with van der Waals surface area (Å²) in [6.45, 7) is 5.94. The fourth-order valence-corrected chi connectivity index (χ4v) is 2.70. The fourth-order valence-electron chi connectivity index (χ4n) is 0.986. The Labute approximate surface area is 79.8 Å². The quantitative estimate of drug-likeness (QED) is 0.655. The van der Waals surface area contributed by atoms with Crippen molar-refractivity contribution in [1.29, 1.82) is 0 Å². The molecule has 1 N–H and O–H groups in total. The van der Waals surface area contributed by atoms with E-state index in [4.69, 9.17) is 9.05 Å². The van der Waals surface area contributed by atoms with Gasteiger partial charge in [-0.15, -0.1) is 0 Å². The van der Waals surface area contributed by atoms with Crippen LogP contribution in [0.25, 0.3) is 0 Å². The Morgan fingerprint density at radius 3 is 2.00 bits per heavy atom. The van der Waals surface area contributed by atoms with E-state index in [1.165, 1.54) is 0 Å². The lowest BCUT2D eigenvalue weighted by atomic mass is 10.4. The van der Waals surface area contributed by atoms with E-state index in [0.29, 0.717) is 6.42 Å². The summed E-state index contributed by atoms with van der Waals surface area (Å²) < 4.78 is 21.7. The molecule has 0 unspecified atom stereocenters. The lowest BCUT2D eigenvalue weighted by Crippen LogP contribution is -2.12. The average molecular weight is 210 g/mol. The first-order chi connectivity index (χ1) is 6.10. The maximum Gasteiger partial charge on any atom is 0.358 e. The van der Waals surface area contributed by atoms with Crippen molar-refractivity contribution in [2.75, 3.05) is 13.2 Å². The second-order valence-electron chi connectivity index (χ2n) is 2.64. The maximum atomic E-state index is 11.8. The summed E-state index contributed by atoms with van der Waals surface area (Å²) in [4.78, 5) is 0.